The lowest BCUT2D eigenvalue weighted by atomic mass is 9.81. The molecule has 0 aromatic heterocycles. The highest BCUT2D eigenvalue weighted by atomic mass is 32.2. The number of allylic oxidation sites excluding steroid dienone is 7. The lowest BCUT2D eigenvalue weighted by Gasteiger charge is -2.37. The van der Waals surface area contributed by atoms with Crippen LogP contribution < -0.4 is 20.1 Å². The molecule has 5 aliphatic heterocycles. The number of fused-ring (bicyclic) bond motifs is 2. The van der Waals surface area contributed by atoms with Crippen LogP contribution in [0.5, 0.6) is 11.5 Å². The molecule has 0 saturated carbocycles. The second-order valence-electron chi connectivity index (χ2n) is 30.6. The number of carbonyl (C=O) groups is 1. The van der Waals surface area contributed by atoms with Gasteiger partial charge < -0.3 is 53.6 Å². The van der Waals surface area contributed by atoms with Crippen LogP contribution in [-0.2, 0) is 68.9 Å². The van der Waals surface area contributed by atoms with E-state index in [2.05, 4.69) is 87.6 Å². The summed E-state index contributed by atoms with van der Waals surface area (Å²) in [5.41, 5.74) is 8.80. The van der Waals surface area contributed by atoms with Gasteiger partial charge in [-0.3, -0.25) is 4.79 Å². The number of hydrogen-bond acceptors (Lipinski definition) is 17. The summed E-state index contributed by atoms with van der Waals surface area (Å²) in [6.07, 6.45) is 20.9. The number of phenolic OH excluding ortho intramolecular Hbond substituents is 1. The number of amides is 1. The molecular formula is C83H109N4O16S3+. The van der Waals surface area contributed by atoms with Crippen molar-refractivity contribution >= 4 is 52.7 Å². The first-order valence-corrected chi connectivity index (χ1v) is 43.3. The van der Waals surface area contributed by atoms with Crippen molar-refractivity contribution in [3.63, 3.8) is 0 Å². The van der Waals surface area contributed by atoms with E-state index < -0.39 is 71.4 Å². The van der Waals surface area contributed by atoms with Crippen molar-refractivity contribution in [3.8, 4) is 11.5 Å². The fraction of sp³-hybridized carbons (Fsp3) is 0.518. The number of nitrogens with two attached hydrogens (primary N) is 1. The molecule has 5 heterocycles. The quantitative estimate of drug-likeness (QED) is 0.0311. The van der Waals surface area contributed by atoms with Gasteiger partial charge in [0.15, 0.2) is 44.3 Å². The normalized spacial score (nSPS) is 25.1. The van der Waals surface area contributed by atoms with Gasteiger partial charge in [0, 0.05) is 89.5 Å². The van der Waals surface area contributed by atoms with Crippen LogP contribution in [0.15, 0.2) is 171 Å². The summed E-state index contributed by atoms with van der Waals surface area (Å²) in [5.74, 6) is 1.05. The summed E-state index contributed by atoms with van der Waals surface area (Å²) in [7, 11) is -10.8. The number of primary sulfonamides is 1. The Labute approximate surface area is 628 Å². The number of aliphatic hydroxyl groups is 1. The number of aromatic hydroxyl groups is 1. The van der Waals surface area contributed by atoms with Crippen molar-refractivity contribution in [1.82, 2.24) is 5.32 Å². The number of nitrogens with zero attached hydrogens (tertiary/aromatic N) is 2. The highest BCUT2D eigenvalue weighted by molar-refractivity contribution is 7.91. The predicted octanol–water partition coefficient (Wildman–Crippen LogP) is 15.0. The number of sulfone groups is 2. The Bertz CT molecular complexity index is 4490. The summed E-state index contributed by atoms with van der Waals surface area (Å²) < 4.78 is 124. The molecule has 10 unspecified atom stereocenters. The maximum Gasteiger partial charge on any atom is 0.251 e. The topological polar surface area (TPSA) is 269 Å². The molecule has 0 radical (unpaired) electrons. The first-order valence-electron chi connectivity index (χ1n) is 37.9. The number of sulfonamides is 1. The van der Waals surface area contributed by atoms with Gasteiger partial charge in [0.1, 0.15) is 23.8 Å². The van der Waals surface area contributed by atoms with Crippen LogP contribution in [0, 0.1) is 0 Å². The lowest BCUT2D eigenvalue weighted by molar-refractivity contribution is -0.438. The number of hydrogen-bond donors (Lipinski definition) is 4. The Morgan fingerprint density at radius 1 is 0.679 bits per heavy atom. The predicted molar refractivity (Wildman–Crippen MR) is 410 cm³/mol. The average molecular weight is 1510 g/mol. The minimum absolute atomic E-state index is 0.0864. The second kappa shape index (κ2) is 34.4. The molecule has 5 aromatic rings. The van der Waals surface area contributed by atoms with Crippen LogP contribution in [-0.4, -0.2) is 133 Å². The minimum Gasteiger partial charge on any atom is -0.508 e. The van der Waals surface area contributed by atoms with Crippen LogP contribution in [0.4, 0.5) is 11.4 Å². The van der Waals surface area contributed by atoms with E-state index in [1.54, 1.807) is 30.3 Å². The summed E-state index contributed by atoms with van der Waals surface area (Å²) in [6, 6.07) is 31.2. The number of nitrogens with one attached hydrogen (secondary N) is 1. The Kier molecular flexibility index (Phi) is 26.0. The van der Waals surface area contributed by atoms with E-state index in [4.69, 9.17) is 38.3 Å². The van der Waals surface area contributed by atoms with Gasteiger partial charge >= 0.3 is 0 Å². The Morgan fingerprint density at radius 3 is 1.97 bits per heavy atom. The molecule has 5 aromatic carbocycles. The first-order chi connectivity index (χ1) is 50.4. The fourth-order valence-corrected chi connectivity index (χ4v) is 17.5. The number of unbranched alkanes of at least 4 members (excludes halogenated alkanes) is 2. The number of carbonyl (C=O) groups excluding carboxylic acids is 1. The summed E-state index contributed by atoms with van der Waals surface area (Å²) in [5, 5.41) is 30.4. The van der Waals surface area contributed by atoms with E-state index in [-0.39, 0.29) is 59.4 Å². The molecule has 11 rings (SSSR count). The van der Waals surface area contributed by atoms with E-state index >= 15 is 0 Å². The minimum atomic E-state index is -3.90. The van der Waals surface area contributed by atoms with E-state index in [1.807, 2.05) is 61.5 Å². The van der Waals surface area contributed by atoms with Crippen molar-refractivity contribution in [3.05, 3.63) is 184 Å². The zero-order valence-corrected chi connectivity index (χ0v) is 65.6. The van der Waals surface area contributed by atoms with Gasteiger partial charge in [0.2, 0.25) is 15.7 Å². The van der Waals surface area contributed by atoms with Crippen LogP contribution in [0.3, 0.4) is 0 Å². The van der Waals surface area contributed by atoms with Crippen molar-refractivity contribution in [2.75, 3.05) is 37.0 Å². The summed E-state index contributed by atoms with van der Waals surface area (Å²) in [6.45, 7) is 18.7. The molecule has 5 N–H and O–H groups in total. The smallest absolute Gasteiger partial charge is 0.251 e. The molecule has 23 heteroatoms. The maximum absolute atomic E-state index is 13.0. The fourth-order valence-electron chi connectivity index (χ4n) is 15.7. The van der Waals surface area contributed by atoms with Crippen molar-refractivity contribution in [2.45, 2.75) is 258 Å². The van der Waals surface area contributed by atoms with Crippen molar-refractivity contribution in [2.24, 2.45) is 5.14 Å². The summed E-state index contributed by atoms with van der Waals surface area (Å²) in [4.78, 5) is 15.8. The van der Waals surface area contributed by atoms with Gasteiger partial charge in [-0.15, -0.1) is 0 Å². The Balaban J connectivity index is 0.779. The van der Waals surface area contributed by atoms with E-state index in [0.29, 0.717) is 66.0 Å². The Hall–Kier alpha value is -6.87. The van der Waals surface area contributed by atoms with Gasteiger partial charge in [-0.25, -0.2) is 30.4 Å². The standard InChI is InChI=1S/C83H108N4O16S3/c1-11-14-43-86-73-39-37-69(104(9,91)92)51-71(73)82(5,6)75(86)41-33-55-21-16-22-56(34-42-76-83(7,8)72-52-70(105(10,93)94)38-40-74(72)87(76)44-15-12-2)78(55)99-64-27-18-24-59(47-64)81-100-62(13-3)49-67(103-81)48-61(89)26-19-28-65-50-66(102-80(101-65)58-23-17-25-60(88)46-58)30-20-29-63-45-54(4)97-77(98-63)53-85-79(90)57-31-35-68(36-32-57)106(84,95)96/h17-18,23-25,27,31-42,46-47,51-52,54,61-63,65-67,77,80-81,89H,11-16,19-22,26,28-30,43-45,48-50,53H2,1-10H3,(H3-,84,85,88,90,95,96)/p+1. The van der Waals surface area contributed by atoms with Gasteiger partial charge in [-0.05, 0) is 212 Å². The SMILES string of the molecule is CCCCN1/C(=C/C=C2\CCCC(/C=C/C3=[N+](CCCC)c4ccc(S(C)(=O)=O)cc4C3(C)C)=C2Oc2cccc(C3OC(CC)CC(CC(O)CCCC4CC(CCCC5CC(C)OC(CNC(=O)c6ccc(S(N)(=O)=O)cc6)O5)OC(c5cccc(O)c5)O4)O3)c2)C(C)(C)c2cc(S(C)(=O)=O)ccc21. The number of benzene rings is 5. The largest absolute Gasteiger partial charge is 0.508 e. The van der Waals surface area contributed by atoms with Crippen LogP contribution in [0.1, 0.15) is 216 Å². The van der Waals surface area contributed by atoms with Crippen molar-refractivity contribution < 1.29 is 78.0 Å². The zero-order chi connectivity index (χ0) is 75.9. The molecular weight excluding hydrogens is 1410 g/mol. The van der Waals surface area contributed by atoms with E-state index in [9.17, 15) is 40.3 Å². The van der Waals surface area contributed by atoms with Gasteiger partial charge in [-0.2, -0.15) is 4.58 Å². The molecule has 3 saturated heterocycles. The molecule has 106 heavy (non-hydrogen) atoms. The van der Waals surface area contributed by atoms with Crippen LogP contribution in [0.2, 0.25) is 0 Å². The third kappa shape index (κ3) is 19.6. The molecule has 0 bridgehead atoms. The van der Waals surface area contributed by atoms with Gasteiger partial charge in [-0.1, -0.05) is 77.8 Å². The third-order valence-corrected chi connectivity index (χ3v) is 24.7. The lowest BCUT2D eigenvalue weighted by Crippen LogP contribution is -2.43. The number of ether oxygens (including phenoxy) is 7. The highest BCUT2D eigenvalue weighted by Gasteiger charge is 2.46. The van der Waals surface area contributed by atoms with E-state index in [1.165, 1.54) is 36.8 Å². The molecule has 20 nitrogen and oxygen atoms in total. The number of phenols is 1. The molecule has 0 spiro atoms. The number of rotatable bonds is 30. The third-order valence-electron chi connectivity index (χ3n) is 21.5. The molecule has 1 aliphatic carbocycles. The molecule has 6 aliphatic rings. The number of aliphatic hydroxyl groups excluding tert-OH is 1. The van der Waals surface area contributed by atoms with Crippen LogP contribution >= 0.6 is 0 Å². The Morgan fingerprint density at radius 2 is 1.30 bits per heavy atom. The molecule has 574 valence electrons. The summed E-state index contributed by atoms with van der Waals surface area (Å²) >= 11 is 0. The molecule has 1 amide bonds. The van der Waals surface area contributed by atoms with Crippen LogP contribution in [0.25, 0.3) is 0 Å². The van der Waals surface area contributed by atoms with Gasteiger partial charge in [0.05, 0.1) is 69.4 Å². The highest BCUT2D eigenvalue weighted by Crippen LogP contribution is 2.50. The average Bonchev–Trinajstić information content (AvgIpc) is 1.59. The monoisotopic (exact) mass is 1510 g/mol. The maximum atomic E-state index is 13.0. The zero-order valence-electron chi connectivity index (χ0n) is 63.1. The first kappa shape index (κ1) is 80.2. The van der Waals surface area contributed by atoms with E-state index in [0.717, 1.165) is 140 Å². The van der Waals surface area contributed by atoms with Crippen molar-refractivity contribution in [1.29, 1.82) is 0 Å². The molecule has 3 fully saturated rings. The van der Waals surface area contributed by atoms with Gasteiger partial charge in [0.25, 0.3) is 5.91 Å². The second-order valence-corrected chi connectivity index (χ2v) is 36.2. The molecule has 10 atom stereocenters. The number of anilines is 1.